The van der Waals surface area contributed by atoms with Gasteiger partial charge in [-0.25, -0.2) is 4.79 Å². The van der Waals surface area contributed by atoms with Crippen molar-refractivity contribution >= 4 is 6.09 Å². The molecule has 0 saturated carbocycles. The lowest BCUT2D eigenvalue weighted by molar-refractivity contribution is 0.171. The van der Waals surface area contributed by atoms with Crippen molar-refractivity contribution in [2.45, 2.75) is 13.0 Å². The van der Waals surface area contributed by atoms with E-state index in [4.69, 9.17) is 0 Å². The maximum atomic E-state index is 10.8. The molecule has 16 heavy (non-hydrogen) atoms. The fraction of sp³-hybridized carbons (Fsp3) is 0.600. The maximum absolute atomic E-state index is 10.8. The number of aromatic nitrogens is 2. The number of nitrogens with zero attached hydrogens (tertiary/aromatic N) is 2. The first-order chi connectivity index (χ1) is 7.65. The van der Waals surface area contributed by atoms with Crippen LogP contribution in [0.15, 0.2) is 12.3 Å². The van der Waals surface area contributed by atoms with Gasteiger partial charge in [0.05, 0.1) is 12.8 Å². The third-order valence-corrected chi connectivity index (χ3v) is 2.33. The number of nitrogens with one attached hydrogen (secondary N) is 2. The third-order valence-electron chi connectivity index (χ3n) is 2.33. The third kappa shape index (κ3) is 3.54. The molecule has 0 radical (unpaired) electrons. The molecule has 1 atom stereocenters. The Morgan fingerprint density at radius 2 is 2.38 bits per heavy atom. The summed E-state index contributed by atoms with van der Waals surface area (Å²) in [6, 6.07) is 2.16. The van der Waals surface area contributed by atoms with Crippen LogP contribution in [0.5, 0.6) is 0 Å². The molecule has 1 aromatic rings. The Morgan fingerprint density at radius 3 is 2.94 bits per heavy atom. The van der Waals surface area contributed by atoms with Gasteiger partial charge in [-0.3, -0.25) is 4.68 Å². The fourth-order valence-corrected chi connectivity index (χ4v) is 1.44. The van der Waals surface area contributed by atoms with Crippen LogP contribution in [0.2, 0.25) is 0 Å². The van der Waals surface area contributed by atoms with Gasteiger partial charge < -0.3 is 15.4 Å². The van der Waals surface area contributed by atoms with Gasteiger partial charge >= 0.3 is 6.09 Å². The number of hydrogen-bond donors (Lipinski definition) is 2. The summed E-state index contributed by atoms with van der Waals surface area (Å²) in [5.41, 5.74) is 1.11. The first kappa shape index (κ1) is 12.5. The van der Waals surface area contributed by atoms with Crippen molar-refractivity contribution in [2.75, 3.05) is 20.2 Å². The number of aryl methyl sites for hydroxylation is 1. The summed E-state index contributed by atoms with van der Waals surface area (Å²) in [7, 11) is 3.25. The zero-order valence-electron chi connectivity index (χ0n) is 9.86. The molecule has 0 saturated heterocycles. The molecule has 0 spiro atoms. The first-order valence-corrected chi connectivity index (χ1v) is 5.18. The molecule has 0 aliphatic rings. The minimum Gasteiger partial charge on any atom is -0.453 e. The van der Waals surface area contributed by atoms with E-state index in [0.717, 1.165) is 5.69 Å². The smallest absolute Gasteiger partial charge is 0.406 e. The number of amides is 1. The van der Waals surface area contributed by atoms with Gasteiger partial charge in [0.2, 0.25) is 0 Å². The second-order valence-electron chi connectivity index (χ2n) is 3.47. The van der Waals surface area contributed by atoms with E-state index >= 15 is 0 Å². The van der Waals surface area contributed by atoms with Crippen molar-refractivity contribution in [2.24, 2.45) is 7.05 Å². The SMILES string of the molecule is COC(=O)NCCNC(C)c1ccnn1C. The molecule has 0 aliphatic carbocycles. The molecule has 1 aromatic heterocycles. The molecule has 0 fully saturated rings. The predicted octanol–water partition coefficient (Wildman–Crippen LogP) is 0.427. The van der Waals surface area contributed by atoms with Gasteiger partial charge in [-0.1, -0.05) is 0 Å². The highest BCUT2D eigenvalue weighted by atomic mass is 16.5. The Balaban J connectivity index is 2.23. The molecular weight excluding hydrogens is 208 g/mol. The van der Waals surface area contributed by atoms with E-state index in [1.807, 2.05) is 17.8 Å². The second kappa shape index (κ2) is 6.12. The minimum atomic E-state index is -0.407. The van der Waals surface area contributed by atoms with E-state index in [9.17, 15) is 4.79 Å². The van der Waals surface area contributed by atoms with E-state index < -0.39 is 6.09 Å². The van der Waals surface area contributed by atoms with Crippen LogP contribution in [0.25, 0.3) is 0 Å². The van der Waals surface area contributed by atoms with E-state index in [1.165, 1.54) is 7.11 Å². The molecule has 1 unspecified atom stereocenters. The lowest BCUT2D eigenvalue weighted by atomic mass is 10.2. The van der Waals surface area contributed by atoms with Crippen LogP contribution in [0, 0.1) is 0 Å². The van der Waals surface area contributed by atoms with Crippen LogP contribution in [0.3, 0.4) is 0 Å². The van der Waals surface area contributed by atoms with Crippen molar-refractivity contribution in [1.29, 1.82) is 0 Å². The van der Waals surface area contributed by atoms with Gasteiger partial charge in [0, 0.05) is 32.4 Å². The van der Waals surface area contributed by atoms with Crippen molar-refractivity contribution in [3.63, 3.8) is 0 Å². The Bertz CT molecular complexity index is 337. The summed E-state index contributed by atoms with van der Waals surface area (Å²) < 4.78 is 6.28. The van der Waals surface area contributed by atoms with Gasteiger partial charge in [-0.2, -0.15) is 5.10 Å². The molecule has 0 bridgehead atoms. The average Bonchev–Trinajstić information content (AvgIpc) is 2.70. The Kier molecular flexibility index (Phi) is 4.78. The summed E-state index contributed by atoms with van der Waals surface area (Å²) in [5, 5.41) is 9.97. The predicted molar refractivity (Wildman–Crippen MR) is 60.0 cm³/mol. The normalized spacial score (nSPS) is 12.2. The lowest BCUT2D eigenvalue weighted by Gasteiger charge is -2.14. The number of carbonyl (C=O) groups excluding carboxylic acids is 1. The van der Waals surface area contributed by atoms with Crippen molar-refractivity contribution in [3.05, 3.63) is 18.0 Å². The molecule has 1 rings (SSSR count). The van der Waals surface area contributed by atoms with Crippen LogP contribution >= 0.6 is 0 Å². The highest BCUT2D eigenvalue weighted by molar-refractivity contribution is 5.66. The molecular formula is C10H18N4O2. The van der Waals surface area contributed by atoms with Crippen LogP contribution in [0.4, 0.5) is 4.79 Å². The van der Waals surface area contributed by atoms with Crippen LogP contribution < -0.4 is 10.6 Å². The summed E-state index contributed by atoms with van der Waals surface area (Å²) in [4.78, 5) is 10.8. The van der Waals surface area contributed by atoms with Gasteiger partial charge in [0.25, 0.3) is 0 Å². The molecule has 6 nitrogen and oxygen atoms in total. The number of hydrogen-bond acceptors (Lipinski definition) is 4. The van der Waals surface area contributed by atoms with E-state index in [-0.39, 0.29) is 6.04 Å². The Labute approximate surface area is 95.0 Å². The van der Waals surface area contributed by atoms with Crippen molar-refractivity contribution in [3.8, 4) is 0 Å². The molecule has 90 valence electrons. The van der Waals surface area contributed by atoms with Gasteiger partial charge in [0.15, 0.2) is 0 Å². The quantitative estimate of drug-likeness (QED) is 0.714. The Morgan fingerprint density at radius 1 is 1.62 bits per heavy atom. The summed E-state index contributed by atoms with van der Waals surface area (Å²) in [6.07, 6.45) is 1.36. The molecule has 0 aliphatic heterocycles. The Hall–Kier alpha value is -1.56. The average molecular weight is 226 g/mol. The monoisotopic (exact) mass is 226 g/mol. The largest absolute Gasteiger partial charge is 0.453 e. The summed E-state index contributed by atoms with van der Waals surface area (Å²) in [5.74, 6) is 0. The fourth-order valence-electron chi connectivity index (χ4n) is 1.44. The van der Waals surface area contributed by atoms with Gasteiger partial charge in [-0.05, 0) is 13.0 Å². The second-order valence-corrected chi connectivity index (χ2v) is 3.47. The van der Waals surface area contributed by atoms with Crippen LogP contribution in [0.1, 0.15) is 18.7 Å². The molecule has 1 heterocycles. The number of alkyl carbamates (subject to hydrolysis) is 1. The number of rotatable bonds is 5. The molecule has 1 amide bonds. The zero-order chi connectivity index (χ0) is 12.0. The standard InChI is InChI=1S/C10H18N4O2/c1-8(9-4-5-13-14(9)2)11-6-7-12-10(15)16-3/h4-5,8,11H,6-7H2,1-3H3,(H,12,15). The lowest BCUT2D eigenvalue weighted by Crippen LogP contribution is -2.33. The summed E-state index contributed by atoms with van der Waals surface area (Å²) in [6.45, 7) is 3.27. The maximum Gasteiger partial charge on any atom is 0.406 e. The number of ether oxygens (including phenoxy) is 1. The minimum absolute atomic E-state index is 0.201. The van der Waals surface area contributed by atoms with Gasteiger partial charge in [-0.15, -0.1) is 0 Å². The van der Waals surface area contributed by atoms with Crippen molar-refractivity contribution < 1.29 is 9.53 Å². The highest BCUT2D eigenvalue weighted by Gasteiger charge is 2.07. The first-order valence-electron chi connectivity index (χ1n) is 5.18. The molecule has 2 N–H and O–H groups in total. The van der Waals surface area contributed by atoms with Crippen molar-refractivity contribution in [1.82, 2.24) is 20.4 Å². The summed E-state index contributed by atoms with van der Waals surface area (Å²) >= 11 is 0. The zero-order valence-corrected chi connectivity index (χ0v) is 9.86. The van der Waals surface area contributed by atoms with Crippen LogP contribution in [-0.2, 0) is 11.8 Å². The number of methoxy groups -OCH3 is 1. The highest BCUT2D eigenvalue weighted by Crippen LogP contribution is 2.08. The molecule has 0 aromatic carbocycles. The number of carbonyl (C=O) groups is 1. The topological polar surface area (TPSA) is 68.2 Å². The van der Waals surface area contributed by atoms with E-state index in [0.29, 0.717) is 13.1 Å². The van der Waals surface area contributed by atoms with E-state index in [1.54, 1.807) is 6.20 Å². The molecule has 6 heteroatoms. The van der Waals surface area contributed by atoms with Crippen LogP contribution in [-0.4, -0.2) is 36.1 Å². The van der Waals surface area contributed by atoms with Gasteiger partial charge in [0.1, 0.15) is 0 Å². The van der Waals surface area contributed by atoms with E-state index in [2.05, 4.69) is 27.4 Å².